The van der Waals surface area contributed by atoms with Crippen molar-refractivity contribution in [3.8, 4) is 34.1 Å². The van der Waals surface area contributed by atoms with Gasteiger partial charge in [-0.1, -0.05) is 0 Å². The van der Waals surface area contributed by atoms with Crippen LogP contribution in [0.15, 0.2) is 42.9 Å². The molecule has 4 aromatic rings. The van der Waals surface area contributed by atoms with Gasteiger partial charge < -0.3 is 19.8 Å². The van der Waals surface area contributed by atoms with Crippen molar-refractivity contribution in [3.05, 3.63) is 42.9 Å². The largest absolute Gasteiger partial charge is 0.452 e. The summed E-state index contributed by atoms with van der Waals surface area (Å²) in [7, 11) is 0. The Bertz CT molecular complexity index is 1240. The third-order valence-corrected chi connectivity index (χ3v) is 4.52. The molecule has 30 heavy (non-hydrogen) atoms. The van der Waals surface area contributed by atoms with Gasteiger partial charge in [0.2, 0.25) is 12.7 Å². The Labute approximate surface area is 170 Å². The molecule has 2 amide bonds. The van der Waals surface area contributed by atoms with E-state index < -0.39 is 0 Å². The van der Waals surface area contributed by atoms with Gasteiger partial charge in [-0.3, -0.25) is 5.32 Å². The zero-order valence-corrected chi connectivity index (χ0v) is 16.0. The van der Waals surface area contributed by atoms with Crippen LogP contribution in [0.1, 0.15) is 6.92 Å². The fourth-order valence-electron chi connectivity index (χ4n) is 3.21. The number of urea groups is 1. The monoisotopic (exact) mass is 403 g/mol. The lowest BCUT2D eigenvalue weighted by atomic mass is 10.0. The smallest absolute Gasteiger partial charge is 0.321 e. The fraction of sp³-hybridized carbons (Fsp3) is 0.150. The Morgan fingerprint density at radius 2 is 2.00 bits per heavy atom. The maximum Gasteiger partial charge on any atom is 0.321 e. The van der Waals surface area contributed by atoms with Crippen LogP contribution in [-0.2, 0) is 0 Å². The summed E-state index contributed by atoms with van der Waals surface area (Å²) in [4.78, 5) is 32.6. The number of anilines is 1. The molecule has 0 saturated carbocycles. The molecule has 5 rings (SSSR count). The summed E-state index contributed by atoms with van der Waals surface area (Å²) in [5, 5.41) is 5.37. The Kier molecular flexibility index (Phi) is 4.36. The molecule has 10 heteroatoms. The van der Waals surface area contributed by atoms with Crippen molar-refractivity contribution in [3.63, 3.8) is 0 Å². The molecule has 4 heterocycles. The average molecular weight is 403 g/mol. The Morgan fingerprint density at radius 1 is 1.13 bits per heavy atom. The first-order valence-electron chi connectivity index (χ1n) is 9.33. The number of carbonyl (C=O) groups is 1. The van der Waals surface area contributed by atoms with Crippen LogP contribution in [0.2, 0.25) is 0 Å². The Hall–Kier alpha value is -4.21. The van der Waals surface area contributed by atoms with Gasteiger partial charge in [-0.15, -0.1) is 0 Å². The number of fused-ring (bicyclic) bond motifs is 2. The molecule has 10 nitrogen and oxygen atoms in total. The van der Waals surface area contributed by atoms with Crippen molar-refractivity contribution in [2.24, 2.45) is 0 Å². The summed E-state index contributed by atoms with van der Waals surface area (Å²) in [6.07, 6.45) is 5.06. The van der Waals surface area contributed by atoms with Gasteiger partial charge in [-0.25, -0.2) is 24.7 Å². The minimum absolute atomic E-state index is 0.156. The molecule has 0 spiro atoms. The number of benzene rings is 1. The molecule has 3 aromatic heterocycles. The van der Waals surface area contributed by atoms with Gasteiger partial charge in [0, 0.05) is 36.3 Å². The van der Waals surface area contributed by atoms with Crippen LogP contribution in [0.4, 0.5) is 10.7 Å². The lowest BCUT2D eigenvalue weighted by molar-refractivity contribution is 0.171. The summed E-state index contributed by atoms with van der Waals surface area (Å²) in [5.74, 6) is 1.91. The third kappa shape index (κ3) is 3.24. The van der Waals surface area contributed by atoms with Crippen LogP contribution in [0.5, 0.6) is 11.6 Å². The highest BCUT2D eigenvalue weighted by atomic mass is 16.7. The normalized spacial score (nSPS) is 12.2. The molecule has 0 atom stereocenters. The molecular formula is C20H17N7O3. The number of hydrogen-bond acceptors (Lipinski definition) is 7. The number of nitrogens with zero attached hydrogens (tertiary/aromatic N) is 4. The predicted molar refractivity (Wildman–Crippen MR) is 109 cm³/mol. The number of aromatic nitrogens is 5. The maximum atomic E-state index is 11.9. The number of imidazole rings is 1. The summed E-state index contributed by atoms with van der Waals surface area (Å²) in [5.41, 5.74) is 3.79. The van der Waals surface area contributed by atoms with Crippen molar-refractivity contribution >= 4 is 23.0 Å². The van der Waals surface area contributed by atoms with Crippen LogP contribution in [-0.4, -0.2) is 44.3 Å². The molecule has 0 aliphatic carbocycles. The Morgan fingerprint density at radius 3 is 2.83 bits per heavy atom. The third-order valence-electron chi connectivity index (χ3n) is 4.52. The first-order chi connectivity index (χ1) is 14.7. The van der Waals surface area contributed by atoms with Crippen molar-refractivity contribution in [2.45, 2.75) is 6.92 Å². The van der Waals surface area contributed by atoms with Crippen molar-refractivity contribution < 1.29 is 14.3 Å². The minimum atomic E-state index is -0.339. The van der Waals surface area contributed by atoms with Crippen LogP contribution in [0.3, 0.4) is 0 Å². The predicted octanol–water partition coefficient (Wildman–Crippen LogP) is 2.95. The first kappa shape index (κ1) is 17.9. The number of H-pyrrole nitrogens is 1. The lowest BCUT2D eigenvalue weighted by Gasteiger charge is -2.07. The minimum Gasteiger partial charge on any atom is -0.452 e. The second-order valence-electron chi connectivity index (χ2n) is 6.50. The molecule has 0 radical (unpaired) electrons. The molecule has 1 aromatic carbocycles. The van der Waals surface area contributed by atoms with E-state index in [1.54, 1.807) is 24.7 Å². The van der Waals surface area contributed by atoms with Gasteiger partial charge in [-0.05, 0) is 36.8 Å². The van der Waals surface area contributed by atoms with Crippen molar-refractivity contribution in [1.82, 2.24) is 30.2 Å². The molecule has 0 bridgehead atoms. The van der Waals surface area contributed by atoms with Gasteiger partial charge in [0.1, 0.15) is 5.52 Å². The average Bonchev–Trinajstić information content (AvgIpc) is 3.39. The van der Waals surface area contributed by atoms with Crippen LogP contribution in [0.25, 0.3) is 33.5 Å². The van der Waals surface area contributed by atoms with Gasteiger partial charge in [0.25, 0.3) is 5.88 Å². The van der Waals surface area contributed by atoms with Crippen LogP contribution in [0, 0.1) is 0 Å². The van der Waals surface area contributed by atoms with Gasteiger partial charge in [0.15, 0.2) is 11.6 Å². The van der Waals surface area contributed by atoms with E-state index in [1.165, 1.54) is 0 Å². The van der Waals surface area contributed by atoms with Crippen LogP contribution >= 0.6 is 0 Å². The quantitative estimate of drug-likeness (QED) is 0.478. The number of ether oxygens (including phenoxy) is 2. The van der Waals surface area contributed by atoms with Gasteiger partial charge >= 0.3 is 6.03 Å². The molecular weight excluding hydrogens is 386 g/mol. The number of aromatic amines is 1. The zero-order valence-electron chi connectivity index (χ0n) is 16.0. The van der Waals surface area contributed by atoms with Crippen LogP contribution < -0.4 is 20.1 Å². The van der Waals surface area contributed by atoms with E-state index in [2.05, 4.69) is 35.6 Å². The van der Waals surface area contributed by atoms with Crippen molar-refractivity contribution in [2.75, 3.05) is 18.7 Å². The molecule has 1 aliphatic rings. The van der Waals surface area contributed by atoms with Crippen molar-refractivity contribution in [1.29, 1.82) is 0 Å². The van der Waals surface area contributed by atoms with E-state index in [9.17, 15) is 4.79 Å². The summed E-state index contributed by atoms with van der Waals surface area (Å²) in [6.45, 7) is 2.51. The second-order valence-corrected chi connectivity index (χ2v) is 6.50. The van der Waals surface area contributed by atoms with E-state index in [-0.39, 0.29) is 12.8 Å². The highest BCUT2D eigenvalue weighted by Gasteiger charge is 2.19. The highest BCUT2D eigenvalue weighted by molar-refractivity contribution is 5.97. The van der Waals surface area contributed by atoms with E-state index in [0.717, 1.165) is 22.2 Å². The highest BCUT2D eigenvalue weighted by Crippen LogP contribution is 2.36. The molecule has 150 valence electrons. The number of carbonyl (C=O) groups excluding carboxylic acids is 1. The Balaban J connectivity index is 1.64. The van der Waals surface area contributed by atoms with Gasteiger partial charge in [0.05, 0.1) is 5.52 Å². The lowest BCUT2D eigenvalue weighted by Crippen LogP contribution is -2.28. The summed E-state index contributed by atoms with van der Waals surface area (Å²) >= 11 is 0. The molecule has 1 aliphatic heterocycles. The number of rotatable bonds is 4. The van der Waals surface area contributed by atoms with E-state index in [0.29, 0.717) is 35.5 Å². The number of nitrogens with one attached hydrogen (secondary N) is 3. The number of hydrogen-bond donors (Lipinski definition) is 3. The van der Waals surface area contributed by atoms with E-state index >= 15 is 0 Å². The number of amides is 2. The molecule has 3 N–H and O–H groups in total. The summed E-state index contributed by atoms with van der Waals surface area (Å²) < 4.78 is 10.7. The summed E-state index contributed by atoms with van der Waals surface area (Å²) in [6, 6.07) is 7.15. The molecule has 0 unspecified atom stereocenters. The zero-order chi connectivity index (χ0) is 20.5. The molecule has 0 fully saturated rings. The van der Waals surface area contributed by atoms with E-state index in [4.69, 9.17) is 9.47 Å². The number of pyridine rings is 1. The van der Waals surface area contributed by atoms with Gasteiger partial charge in [-0.2, -0.15) is 0 Å². The second kappa shape index (κ2) is 7.32. The fourth-order valence-corrected chi connectivity index (χ4v) is 3.21. The maximum absolute atomic E-state index is 11.9. The van der Waals surface area contributed by atoms with E-state index in [1.807, 2.05) is 25.1 Å². The SMILES string of the molecule is CCNC(=O)Nc1nc2c(-c3ncccn3)cc(-c3cnc4c(c3)OCO4)cc2[nH]1. The first-order valence-corrected chi connectivity index (χ1v) is 9.33. The topological polar surface area (TPSA) is 127 Å². The standard InChI is InChI=1S/C20H17N7O3/c1-2-21-20(28)27-19-25-14-7-11(12-8-15-18(24-9-12)30-10-29-15)6-13(16(14)26-19)17-22-4-3-5-23-17/h3-9H,2,10H2,1H3,(H3,21,25,26,27,28). The molecule has 0 saturated heterocycles.